The van der Waals surface area contributed by atoms with E-state index in [1.165, 1.54) is 11.8 Å². The zero-order valence-corrected chi connectivity index (χ0v) is 16.5. The molecule has 136 valence electrons. The van der Waals surface area contributed by atoms with Crippen molar-refractivity contribution in [1.82, 2.24) is 20.1 Å². The standard InChI is InChI=1S/C18H26N4O2S/c1-12(2)22-16(13-7-9-14(24-6)10-8-13)20-21-17(22)25-11-15(23)19-18(3,4)5/h7-10,12H,11H2,1-6H3,(H,19,23). The second-order valence-corrected chi connectivity index (χ2v) is 8.03. The van der Waals surface area contributed by atoms with Gasteiger partial charge in [-0.2, -0.15) is 0 Å². The van der Waals surface area contributed by atoms with Gasteiger partial charge in [-0.3, -0.25) is 9.36 Å². The predicted molar refractivity (Wildman–Crippen MR) is 101 cm³/mol. The first kappa shape index (κ1) is 19.3. The molecule has 0 spiro atoms. The summed E-state index contributed by atoms with van der Waals surface area (Å²) in [4.78, 5) is 12.1. The Bertz CT molecular complexity index is 718. The molecule has 1 amide bonds. The third kappa shape index (κ3) is 5.22. The predicted octanol–water partition coefficient (Wildman–Crippen LogP) is 3.54. The molecule has 0 aliphatic carbocycles. The van der Waals surface area contributed by atoms with Crippen LogP contribution in [0.5, 0.6) is 5.75 Å². The molecule has 0 bridgehead atoms. The van der Waals surface area contributed by atoms with Crippen molar-refractivity contribution in [3.05, 3.63) is 24.3 Å². The molecule has 1 aromatic carbocycles. The third-order valence-corrected chi connectivity index (χ3v) is 4.32. The molecule has 2 aromatic rings. The number of hydrogen-bond donors (Lipinski definition) is 1. The number of ether oxygens (including phenoxy) is 1. The number of nitrogens with zero attached hydrogens (tertiary/aromatic N) is 3. The molecular formula is C18H26N4O2S. The SMILES string of the molecule is COc1ccc(-c2nnc(SCC(=O)NC(C)(C)C)n2C(C)C)cc1. The molecule has 0 saturated carbocycles. The highest BCUT2D eigenvalue weighted by atomic mass is 32.2. The van der Waals surface area contributed by atoms with Gasteiger partial charge in [0.2, 0.25) is 5.91 Å². The number of carbonyl (C=O) groups excluding carboxylic acids is 1. The van der Waals surface area contributed by atoms with Crippen LogP contribution < -0.4 is 10.1 Å². The van der Waals surface area contributed by atoms with Gasteiger partial charge in [-0.25, -0.2) is 0 Å². The summed E-state index contributed by atoms with van der Waals surface area (Å²) in [6, 6.07) is 7.90. The second-order valence-electron chi connectivity index (χ2n) is 7.09. The first-order valence-electron chi connectivity index (χ1n) is 8.24. The Morgan fingerprint density at radius 2 is 1.88 bits per heavy atom. The van der Waals surface area contributed by atoms with E-state index in [0.717, 1.165) is 22.3 Å². The number of aromatic nitrogens is 3. The number of carbonyl (C=O) groups is 1. The maximum absolute atomic E-state index is 12.1. The van der Waals surface area contributed by atoms with Crippen LogP contribution in [0.3, 0.4) is 0 Å². The zero-order valence-electron chi connectivity index (χ0n) is 15.7. The fourth-order valence-corrected chi connectivity index (χ4v) is 3.23. The van der Waals surface area contributed by atoms with Crippen LogP contribution in [-0.4, -0.2) is 39.1 Å². The fraction of sp³-hybridized carbons (Fsp3) is 0.500. The van der Waals surface area contributed by atoms with Crippen molar-refractivity contribution in [2.45, 2.75) is 51.4 Å². The summed E-state index contributed by atoms with van der Waals surface area (Å²) in [5.41, 5.74) is 0.727. The minimum atomic E-state index is -0.238. The minimum Gasteiger partial charge on any atom is -0.497 e. The van der Waals surface area contributed by atoms with Crippen molar-refractivity contribution >= 4 is 17.7 Å². The van der Waals surface area contributed by atoms with Crippen molar-refractivity contribution < 1.29 is 9.53 Å². The Labute approximate surface area is 153 Å². The van der Waals surface area contributed by atoms with Gasteiger partial charge in [-0.05, 0) is 58.9 Å². The number of rotatable bonds is 6. The van der Waals surface area contributed by atoms with E-state index >= 15 is 0 Å². The summed E-state index contributed by atoms with van der Waals surface area (Å²) in [5.74, 6) is 1.89. The number of hydrogen-bond acceptors (Lipinski definition) is 5. The lowest BCUT2D eigenvalue weighted by Gasteiger charge is -2.20. The Hall–Kier alpha value is -2.02. The first-order valence-corrected chi connectivity index (χ1v) is 9.23. The van der Waals surface area contributed by atoms with Crippen LogP contribution in [0.4, 0.5) is 0 Å². The van der Waals surface area contributed by atoms with Gasteiger partial charge in [0.05, 0.1) is 12.9 Å². The number of amides is 1. The van der Waals surface area contributed by atoms with Crippen LogP contribution in [0.1, 0.15) is 40.7 Å². The number of benzene rings is 1. The molecule has 0 unspecified atom stereocenters. The van der Waals surface area contributed by atoms with E-state index in [0.29, 0.717) is 5.75 Å². The van der Waals surface area contributed by atoms with E-state index in [9.17, 15) is 4.79 Å². The number of methoxy groups -OCH3 is 1. The highest BCUT2D eigenvalue weighted by Gasteiger charge is 2.19. The minimum absolute atomic E-state index is 0.0122. The maximum atomic E-state index is 12.1. The molecule has 1 N–H and O–H groups in total. The van der Waals surface area contributed by atoms with Crippen molar-refractivity contribution in [2.75, 3.05) is 12.9 Å². The van der Waals surface area contributed by atoms with Crippen LogP contribution in [0.2, 0.25) is 0 Å². The summed E-state index contributed by atoms with van der Waals surface area (Å²) in [7, 11) is 1.64. The summed E-state index contributed by atoms with van der Waals surface area (Å²) in [6.07, 6.45) is 0. The van der Waals surface area contributed by atoms with Gasteiger partial charge in [0, 0.05) is 17.1 Å². The molecule has 0 fully saturated rings. The van der Waals surface area contributed by atoms with Crippen molar-refractivity contribution in [3.8, 4) is 17.1 Å². The van der Waals surface area contributed by atoms with Crippen molar-refractivity contribution in [1.29, 1.82) is 0 Å². The van der Waals surface area contributed by atoms with E-state index in [4.69, 9.17) is 4.74 Å². The number of nitrogens with one attached hydrogen (secondary N) is 1. The van der Waals surface area contributed by atoms with E-state index < -0.39 is 0 Å². The lowest BCUT2D eigenvalue weighted by atomic mass is 10.1. The van der Waals surface area contributed by atoms with Crippen LogP contribution in [0.15, 0.2) is 29.4 Å². The second kappa shape index (κ2) is 7.91. The zero-order chi connectivity index (χ0) is 18.6. The van der Waals surface area contributed by atoms with Gasteiger partial charge in [-0.15, -0.1) is 10.2 Å². The molecule has 6 nitrogen and oxygen atoms in total. The Balaban J connectivity index is 2.20. The van der Waals surface area contributed by atoms with Crippen LogP contribution in [-0.2, 0) is 4.79 Å². The highest BCUT2D eigenvalue weighted by Crippen LogP contribution is 2.28. The number of thioether (sulfide) groups is 1. The molecular weight excluding hydrogens is 336 g/mol. The quantitative estimate of drug-likeness (QED) is 0.796. The fourth-order valence-electron chi connectivity index (χ4n) is 2.36. The van der Waals surface area contributed by atoms with Crippen LogP contribution in [0.25, 0.3) is 11.4 Å². The topological polar surface area (TPSA) is 69.0 Å². The molecule has 0 atom stereocenters. The molecule has 25 heavy (non-hydrogen) atoms. The summed E-state index contributed by atoms with van der Waals surface area (Å²) >= 11 is 1.40. The van der Waals surface area contributed by atoms with Gasteiger partial charge in [0.15, 0.2) is 11.0 Å². The average Bonchev–Trinajstić information content (AvgIpc) is 2.95. The molecule has 0 aliphatic heterocycles. The summed E-state index contributed by atoms with van der Waals surface area (Å²) in [6.45, 7) is 10.1. The summed E-state index contributed by atoms with van der Waals surface area (Å²) < 4.78 is 7.25. The average molecular weight is 362 g/mol. The Morgan fingerprint density at radius 1 is 1.24 bits per heavy atom. The monoisotopic (exact) mass is 362 g/mol. The molecule has 1 heterocycles. The highest BCUT2D eigenvalue weighted by molar-refractivity contribution is 7.99. The van der Waals surface area contributed by atoms with Crippen molar-refractivity contribution in [2.24, 2.45) is 0 Å². The van der Waals surface area contributed by atoms with Crippen molar-refractivity contribution in [3.63, 3.8) is 0 Å². The largest absolute Gasteiger partial charge is 0.497 e. The summed E-state index contributed by atoms with van der Waals surface area (Å²) in [5, 5.41) is 12.3. The first-order chi connectivity index (χ1) is 11.7. The normalized spacial score (nSPS) is 11.6. The Morgan fingerprint density at radius 3 is 2.40 bits per heavy atom. The van der Waals surface area contributed by atoms with E-state index in [1.54, 1.807) is 7.11 Å². The third-order valence-electron chi connectivity index (χ3n) is 3.38. The van der Waals surface area contributed by atoms with Gasteiger partial charge < -0.3 is 10.1 Å². The van der Waals surface area contributed by atoms with Gasteiger partial charge in [0.25, 0.3) is 0 Å². The van der Waals surface area contributed by atoms with Gasteiger partial charge in [-0.1, -0.05) is 11.8 Å². The molecule has 0 saturated heterocycles. The molecule has 7 heteroatoms. The lowest BCUT2D eigenvalue weighted by molar-refractivity contribution is -0.119. The maximum Gasteiger partial charge on any atom is 0.230 e. The van der Waals surface area contributed by atoms with Crippen LogP contribution >= 0.6 is 11.8 Å². The molecule has 1 aromatic heterocycles. The van der Waals surface area contributed by atoms with Gasteiger partial charge in [0.1, 0.15) is 5.75 Å². The van der Waals surface area contributed by atoms with Crippen LogP contribution in [0, 0.1) is 0 Å². The van der Waals surface area contributed by atoms with E-state index in [2.05, 4.69) is 33.9 Å². The molecule has 2 rings (SSSR count). The van der Waals surface area contributed by atoms with E-state index in [1.807, 2.05) is 45.0 Å². The van der Waals surface area contributed by atoms with Gasteiger partial charge >= 0.3 is 0 Å². The molecule has 0 aliphatic rings. The lowest BCUT2D eigenvalue weighted by Crippen LogP contribution is -2.41. The smallest absolute Gasteiger partial charge is 0.230 e. The van der Waals surface area contributed by atoms with E-state index in [-0.39, 0.29) is 17.5 Å². The Kier molecular flexibility index (Phi) is 6.11. The molecule has 0 radical (unpaired) electrons.